The van der Waals surface area contributed by atoms with Gasteiger partial charge in [-0.15, -0.1) is 0 Å². The maximum Gasteiger partial charge on any atom is 0.224 e. The summed E-state index contributed by atoms with van der Waals surface area (Å²) < 4.78 is 5.23. The topological polar surface area (TPSA) is 42.4 Å². The fourth-order valence-corrected chi connectivity index (χ4v) is 3.79. The molecule has 0 spiro atoms. The number of aromatic nitrogens is 1. The van der Waals surface area contributed by atoms with Gasteiger partial charge in [0.2, 0.25) is 5.88 Å². The number of nitrogens with zero attached hydrogens (tertiary/aromatic N) is 2. The highest BCUT2D eigenvalue weighted by Gasteiger charge is 2.39. The first kappa shape index (κ1) is 13.6. The second-order valence-corrected chi connectivity index (χ2v) is 6.00. The van der Waals surface area contributed by atoms with Gasteiger partial charge in [-0.05, 0) is 44.9 Å². The monoisotopic (exact) mass is 274 g/mol. The van der Waals surface area contributed by atoms with Crippen LogP contribution in [0.5, 0.6) is 5.88 Å². The molecule has 1 aromatic rings. The zero-order chi connectivity index (χ0) is 14.1. The number of carbonyl (C=O) groups excluding carboxylic acids is 1. The van der Waals surface area contributed by atoms with Crippen LogP contribution in [0, 0.1) is 5.92 Å². The lowest BCUT2D eigenvalue weighted by atomic mass is 9.76. The molecule has 2 bridgehead atoms. The summed E-state index contributed by atoms with van der Waals surface area (Å²) in [5.41, 5.74) is 0.641. The van der Waals surface area contributed by atoms with Crippen molar-refractivity contribution in [3.8, 4) is 5.88 Å². The van der Waals surface area contributed by atoms with Crippen molar-refractivity contribution in [2.45, 2.75) is 44.2 Å². The number of hydrogen-bond donors (Lipinski definition) is 0. The number of piperidine rings is 2. The predicted molar refractivity (Wildman–Crippen MR) is 77.0 cm³/mol. The number of ether oxygens (including phenoxy) is 1. The first-order chi connectivity index (χ1) is 9.70. The van der Waals surface area contributed by atoms with Crippen molar-refractivity contribution in [2.24, 2.45) is 5.92 Å². The predicted octanol–water partition coefficient (Wildman–Crippen LogP) is 2.54. The molecule has 0 aliphatic carbocycles. The van der Waals surface area contributed by atoms with Gasteiger partial charge in [0.15, 0.2) is 5.78 Å². The highest BCUT2D eigenvalue weighted by atomic mass is 16.5. The molecule has 0 aromatic carbocycles. The molecule has 3 rings (SSSR count). The Morgan fingerprint density at radius 3 is 2.70 bits per heavy atom. The quantitative estimate of drug-likeness (QED) is 0.794. The largest absolute Gasteiger partial charge is 0.480 e. The Morgan fingerprint density at radius 2 is 2.05 bits per heavy atom. The molecule has 2 saturated heterocycles. The van der Waals surface area contributed by atoms with E-state index in [2.05, 4.69) is 16.9 Å². The molecule has 0 N–H and O–H groups in total. The van der Waals surface area contributed by atoms with Crippen molar-refractivity contribution in [3.05, 3.63) is 23.9 Å². The molecule has 0 radical (unpaired) electrons. The summed E-state index contributed by atoms with van der Waals surface area (Å²) in [7, 11) is 3.78. The third-order valence-electron chi connectivity index (χ3n) is 4.94. The second-order valence-electron chi connectivity index (χ2n) is 6.00. The summed E-state index contributed by atoms with van der Waals surface area (Å²) in [5, 5.41) is 0. The van der Waals surface area contributed by atoms with Crippen LogP contribution in [-0.4, -0.2) is 41.9 Å². The molecule has 2 atom stereocenters. The summed E-state index contributed by atoms with van der Waals surface area (Å²) in [4.78, 5) is 19.4. The Balaban J connectivity index is 1.81. The van der Waals surface area contributed by atoms with Gasteiger partial charge in [-0.2, -0.15) is 0 Å². The first-order valence-corrected chi connectivity index (χ1v) is 7.46. The third-order valence-corrected chi connectivity index (χ3v) is 4.94. The zero-order valence-corrected chi connectivity index (χ0v) is 12.2. The van der Waals surface area contributed by atoms with E-state index in [4.69, 9.17) is 4.74 Å². The van der Waals surface area contributed by atoms with E-state index in [0.29, 0.717) is 23.5 Å². The maximum atomic E-state index is 12.8. The van der Waals surface area contributed by atoms with Gasteiger partial charge < -0.3 is 9.64 Å². The number of fused-ring (bicyclic) bond motifs is 2. The standard InChI is InChI=1S/C16H22N2O2/c1-18-12-5-3-6-13(18)10-11(9-12)15(19)14-7-4-8-17-16(14)20-2/h4,7-8,11-13H,3,5-6,9-10H2,1-2H3. The van der Waals surface area contributed by atoms with E-state index in [1.807, 2.05) is 12.1 Å². The third kappa shape index (κ3) is 2.33. The van der Waals surface area contributed by atoms with Crippen LogP contribution in [0.25, 0.3) is 0 Å². The van der Waals surface area contributed by atoms with Crippen LogP contribution in [0.1, 0.15) is 42.5 Å². The molecule has 4 heteroatoms. The SMILES string of the molecule is COc1ncccc1C(=O)C1CC2CCCC(C1)N2C. The smallest absolute Gasteiger partial charge is 0.224 e. The average molecular weight is 274 g/mol. The van der Waals surface area contributed by atoms with E-state index >= 15 is 0 Å². The molecule has 2 unspecified atom stereocenters. The van der Waals surface area contributed by atoms with E-state index in [1.165, 1.54) is 19.3 Å². The fraction of sp³-hybridized carbons (Fsp3) is 0.625. The van der Waals surface area contributed by atoms with E-state index in [-0.39, 0.29) is 11.7 Å². The van der Waals surface area contributed by atoms with Crippen molar-refractivity contribution in [1.29, 1.82) is 0 Å². The number of pyridine rings is 1. The zero-order valence-electron chi connectivity index (χ0n) is 12.2. The minimum Gasteiger partial charge on any atom is -0.480 e. The van der Waals surface area contributed by atoms with Gasteiger partial charge in [-0.1, -0.05) is 6.42 Å². The molecule has 2 aliphatic heterocycles. The van der Waals surface area contributed by atoms with E-state index in [1.54, 1.807) is 13.3 Å². The van der Waals surface area contributed by atoms with Gasteiger partial charge in [-0.3, -0.25) is 4.79 Å². The van der Waals surface area contributed by atoms with Crippen molar-refractivity contribution in [1.82, 2.24) is 9.88 Å². The minimum atomic E-state index is 0.125. The van der Waals surface area contributed by atoms with Crippen LogP contribution in [0.3, 0.4) is 0 Å². The Morgan fingerprint density at radius 1 is 1.35 bits per heavy atom. The highest BCUT2D eigenvalue weighted by molar-refractivity contribution is 5.99. The van der Waals surface area contributed by atoms with Crippen molar-refractivity contribution in [3.63, 3.8) is 0 Å². The molecule has 0 amide bonds. The Kier molecular flexibility index (Phi) is 3.74. The van der Waals surface area contributed by atoms with Gasteiger partial charge in [0.1, 0.15) is 0 Å². The minimum absolute atomic E-state index is 0.125. The Labute approximate surface area is 120 Å². The van der Waals surface area contributed by atoms with Crippen molar-refractivity contribution >= 4 is 5.78 Å². The Hall–Kier alpha value is -1.42. The molecule has 2 fully saturated rings. The van der Waals surface area contributed by atoms with Gasteiger partial charge in [0, 0.05) is 24.2 Å². The molecule has 0 saturated carbocycles. The van der Waals surface area contributed by atoms with E-state index in [9.17, 15) is 4.79 Å². The van der Waals surface area contributed by atoms with Crippen molar-refractivity contribution < 1.29 is 9.53 Å². The lowest BCUT2D eigenvalue weighted by molar-refractivity contribution is 0.0337. The number of hydrogen-bond acceptors (Lipinski definition) is 4. The molecular weight excluding hydrogens is 252 g/mol. The summed E-state index contributed by atoms with van der Waals surface area (Å²) in [6.45, 7) is 0. The number of Topliss-reactive ketones (excluding diaryl/α,β-unsaturated/α-hetero) is 1. The van der Waals surface area contributed by atoms with Crippen LogP contribution in [0.4, 0.5) is 0 Å². The molecule has 20 heavy (non-hydrogen) atoms. The van der Waals surface area contributed by atoms with Gasteiger partial charge in [0.05, 0.1) is 12.7 Å². The molecule has 108 valence electrons. The lowest BCUT2D eigenvalue weighted by Gasteiger charge is -2.46. The highest BCUT2D eigenvalue weighted by Crippen LogP contribution is 2.37. The summed E-state index contributed by atoms with van der Waals surface area (Å²) >= 11 is 0. The summed E-state index contributed by atoms with van der Waals surface area (Å²) in [6, 6.07) is 4.78. The van der Waals surface area contributed by atoms with E-state index < -0.39 is 0 Å². The summed E-state index contributed by atoms with van der Waals surface area (Å²) in [6.07, 6.45) is 7.37. The van der Waals surface area contributed by atoms with Crippen LogP contribution in [0.15, 0.2) is 18.3 Å². The lowest BCUT2D eigenvalue weighted by Crippen LogP contribution is -2.51. The summed E-state index contributed by atoms with van der Waals surface area (Å²) in [5.74, 6) is 0.793. The average Bonchev–Trinajstić information content (AvgIpc) is 2.46. The van der Waals surface area contributed by atoms with Crippen LogP contribution >= 0.6 is 0 Å². The van der Waals surface area contributed by atoms with Crippen LogP contribution in [-0.2, 0) is 0 Å². The number of methoxy groups -OCH3 is 1. The molecule has 3 heterocycles. The normalized spacial score (nSPS) is 30.0. The van der Waals surface area contributed by atoms with Crippen LogP contribution < -0.4 is 4.74 Å². The van der Waals surface area contributed by atoms with Gasteiger partial charge in [-0.25, -0.2) is 4.98 Å². The molecule has 2 aliphatic rings. The van der Waals surface area contributed by atoms with Gasteiger partial charge in [0.25, 0.3) is 0 Å². The van der Waals surface area contributed by atoms with E-state index in [0.717, 1.165) is 12.8 Å². The van der Waals surface area contributed by atoms with Crippen LogP contribution in [0.2, 0.25) is 0 Å². The number of rotatable bonds is 3. The first-order valence-electron chi connectivity index (χ1n) is 7.46. The van der Waals surface area contributed by atoms with Crippen molar-refractivity contribution in [2.75, 3.05) is 14.2 Å². The Bertz CT molecular complexity index is 489. The second kappa shape index (κ2) is 5.52. The maximum absolute atomic E-state index is 12.8. The number of carbonyl (C=O) groups is 1. The molecule has 4 nitrogen and oxygen atoms in total. The molecular formula is C16H22N2O2. The van der Waals surface area contributed by atoms with Gasteiger partial charge >= 0.3 is 0 Å². The fourth-order valence-electron chi connectivity index (χ4n) is 3.79. The number of ketones is 1. The molecule has 1 aromatic heterocycles.